The Hall–Kier alpha value is -0.870. The second kappa shape index (κ2) is 6.71. The fourth-order valence-electron chi connectivity index (χ4n) is 2.02. The van der Waals surface area contributed by atoms with E-state index in [1.54, 1.807) is 0 Å². The van der Waals surface area contributed by atoms with Crippen molar-refractivity contribution in [3.63, 3.8) is 0 Å². The fraction of sp³-hybridized carbons (Fsp3) is 0.917. The molecule has 2 N–H and O–H groups in total. The number of carbonyl (C=O) groups is 1. The first-order valence-electron chi connectivity index (χ1n) is 6.87. The lowest BCUT2D eigenvalue weighted by Gasteiger charge is -2.36. The lowest BCUT2D eigenvalue weighted by molar-refractivity contribution is -0.184. The molecule has 0 saturated carbocycles. The highest BCUT2D eigenvalue weighted by atomic mass is 32.2. The third kappa shape index (κ3) is 4.56. The molecule has 130 valence electrons. The van der Waals surface area contributed by atoms with Gasteiger partial charge in [-0.25, -0.2) is 8.42 Å². The number of alkyl halides is 3. The van der Waals surface area contributed by atoms with Gasteiger partial charge in [0.1, 0.15) is 10.8 Å². The number of halogens is 3. The number of rotatable bonds is 5. The van der Waals surface area contributed by atoms with Crippen LogP contribution in [0.1, 0.15) is 13.8 Å². The molecule has 1 fully saturated rings. The number of piperazine rings is 1. The molecule has 1 heterocycles. The predicted molar refractivity (Wildman–Crippen MR) is 76.2 cm³/mol. The number of sulfone groups is 1. The van der Waals surface area contributed by atoms with E-state index in [1.165, 1.54) is 18.7 Å². The van der Waals surface area contributed by atoms with Gasteiger partial charge in [-0.05, 0) is 13.8 Å². The molecule has 0 radical (unpaired) electrons. The van der Waals surface area contributed by atoms with Gasteiger partial charge in [-0.3, -0.25) is 9.69 Å². The van der Waals surface area contributed by atoms with Crippen molar-refractivity contribution in [2.75, 3.05) is 39.0 Å². The normalized spacial score (nSPS) is 19.7. The number of nitrogens with zero attached hydrogens (tertiary/aromatic N) is 1. The molecule has 0 bridgehead atoms. The third-order valence-corrected chi connectivity index (χ3v) is 5.94. The predicted octanol–water partition coefficient (Wildman–Crippen LogP) is -0.238. The summed E-state index contributed by atoms with van der Waals surface area (Å²) >= 11 is 0. The molecule has 1 unspecified atom stereocenters. The van der Waals surface area contributed by atoms with E-state index in [0.29, 0.717) is 13.1 Å². The Bertz CT molecular complexity index is 499. The maximum Gasteiger partial charge on any atom is 0.405 e. The summed E-state index contributed by atoms with van der Waals surface area (Å²) in [5, 5.41) is 5.09. The molecule has 1 rings (SSSR count). The molecule has 1 amide bonds. The highest BCUT2D eigenvalue weighted by Gasteiger charge is 2.45. The van der Waals surface area contributed by atoms with E-state index in [-0.39, 0.29) is 13.1 Å². The molecule has 0 aromatic heterocycles. The van der Waals surface area contributed by atoms with E-state index in [2.05, 4.69) is 10.6 Å². The molecule has 1 saturated heterocycles. The fourth-order valence-corrected chi connectivity index (χ4v) is 2.43. The zero-order valence-electron chi connectivity index (χ0n) is 12.8. The van der Waals surface area contributed by atoms with E-state index in [9.17, 15) is 26.4 Å². The average Bonchev–Trinajstić information content (AvgIpc) is 2.37. The van der Waals surface area contributed by atoms with Crippen molar-refractivity contribution in [1.29, 1.82) is 0 Å². The number of amides is 1. The summed E-state index contributed by atoms with van der Waals surface area (Å²) in [5.74, 6) is -0.931. The first-order chi connectivity index (χ1) is 9.87. The minimum absolute atomic E-state index is 0.218. The van der Waals surface area contributed by atoms with Gasteiger partial charge >= 0.3 is 6.18 Å². The van der Waals surface area contributed by atoms with Gasteiger partial charge in [0.25, 0.3) is 0 Å². The number of hydrogen-bond acceptors (Lipinski definition) is 5. The van der Waals surface area contributed by atoms with Gasteiger partial charge < -0.3 is 10.6 Å². The largest absolute Gasteiger partial charge is 0.405 e. The Morgan fingerprint density at radius 2 is 1.77 bits per heavy atom. The third-order valence-electron chi connectivity index (χ3n) is 3.90. The molecule has 0 spiro atoms. The highest BCUT2D eigenvalue weighted by Crippen LogP contribution is 2.25. The zero-order chi connectivity index (χ0) is 17.2. The Kier molecular flexibility index (Phi) is 5.85. The van der Waals surface area contributed by atoms with Crippen LogP contribution in [0.3, 0.4) is 0 Å². The molecule has 0 aromatic carbocycles. The van der Waals surface area contributed by atoms with E-state index in [4.69, 9.17) is 0 Å². The average molecular weight is 345 g/mol. The van der Waals surface area contributed by atoms with Crippen LogP contribution in [0.2, 0.25) is 0 Å². The quantitative estimate of drug-likeness (QED) is 0.719. The van der Waals surface area contributed by atoms with Crippen molar-refractivity contribution in [1.82, 2.24) is 15.5 Å². The molecule has 10 heteroatoms. The smallest absolute Gasteiger partial charge is 0.353 e. The summed E-state index contributed by atoms with van der Waals surface area (Å²) in [7, 11) is -3.73. The second-order valence-corrected chi connectivity index (χ2v) is 8.40. The summed E-state index contributed by atoms with van der Waals surface area (Å²) in [6.45, 7) is 2.99. The van der Waals surface area contributed by atoms with Crippen molar-refractivity contribution < 1.29 is 26.4 Å². The molecule has 1 aliphatic heterocycles. The van der Waals surface area contributed by atoms with E-state index >= 15 is 0 Å². The molecule has 22 heavy (non-hydrogen) atoms. The maximum absolute atomic E-state index is 13.2. The van der Waals surface area contributed by atoms with Gasteiger partial charge in [0.2, 0.25) is 5.91 Å². The SMILES string of the molecule is CC(C)(C(=O)NCC(N1CCNCC1)C(F)(F)F)S(C)(=O)=O. The van der Waals surface area contributed by atoms with Crippen LogP contribution in [0.4, 0.5) is 13.2 Å². The van der Waals surface area contributed by atoms with Gasteiger partial charge in [0.05, 0.1) is 0 Å². The molecule has 0 aromatic rings. The van der Waals surface area contributed by atoms with Crippen LogP contribution in [0.15, 0.2) is 0 Å². The molecular formula is C12H22F3N3O3S. The summed E-state index contributed by atoms with van der Waals surface area (Å²) in [6, 6.07) is -1.83. The summed E-state index contributed by atoms with van der Waals surface area (Å²) < 4.78 is 60.8. The highest BCUT2D eigenvalue weighted by molar-refractivity contribution is 7.92. The Labute approximate surface area is 128 Å². The molecule has 1 atom stereocenters. The lowest BCUT2D eigenvalue weighted by Crippen LogP contribution is -2.59. The minimum Gasteiger partial charge on any atom is -0.353 e. The van der Waals surface area contributed by atoms with Crippen LogP contribution >= 0.6 is 0 Å². The van der Waals surface area contributed by atoms with Gasteiger partial charge in [0, 0.05) is 39.0 Å². The number of hydrogen-bond donors (Lipinski definition) is 2. The van der Waals surface area contributed by atoms with Crippen molar-refractivity contribution in [3.05, 3.63) is 0 Å². The van der Waals surface area contributed by atoms with Gasteiger partial charge in [-0.15, -0.1) is 0 Å². The Morgan fingerprint density at radius 3 is 2.18 bits per heavy atom. The van der Waals surface area contributed by atoms with Crippen LogP contribution in [-0.4, -0.2) is 75.2 Å². The summed E-state index contributed by atoms with van der Waals surface area (Å²) in [4.78, 5) is 13.2. The minimum atomic E-state index is -4.50. The standard InChI is InChI=1S/C12H22F3N3O3S/c1-11(2,22(3,20)21)10(19)17-8-9(12(13,14)15)18-6-4-16-5-7-18/h9,16H,4-8H2,1-3H3,(H,17,19). The van der Waals surface area contributed by atoms with Crippen molar-refractivity contribution in [3.8, 4) is 0 Å². The van der Waals surface area contributed by atoms with Crippen LogP contribution in [0.5, 0.6) is 0 Å². The molecule has 6 nitrogen and oxygen atoms in total. The Morgan fingerprint density at radius 1 is 1.27 bits per heavy atom. The van der Waals surface area contributed by atoms with E-state index in [1.807, 2.05) is 0 Å². The summed E-state index contributed by atoms with van der Waals surface area (Å²) in [6.07, 6.45) is -3.62. The molecular weight excluding hydrogens is 323 g/mol. The van der Waals surface area contributed by atoms with Crippen LogP contribution in [0.25, 0.3) is 0 Å². The summed E-state index contributed by atoms with van der Waals surface area (Å²) in [5.41, 5.74) is 0. The van der Waals surface area contributed by atoms with Gasteiger partial charge in [-0.2, -0.15) is 13.2 Å². The molecule has 0 aliphatic carbocycles. The monoisotopic (exact) mass is 345 g/mol. The van der Waals surface area contributed by atoms with Crippen LogP contribution in [-0.2, 0) is 14.6 Å². The van der Waals surface area contributed by atoms with E-state index < -0.39 is 39.3 Å². The van der Waals surface area contributed by atoms with Crippen molar-refractivity contribution >= 4 is 15.7 Å². The second-order valence-electron chi connectivity index (χ2n) is 5.84. The number of carbonyl (C=O) groups excluding carboxylic acids is 1. The Balaban J connectivity index is 2.78. The van der Waals surface area contributed by atoms with Gasteiger partial charge in [0.15, 0.2) is 9.84 Å². The first-order valence-corrected chi connectivity index (χ1v) is 8.76. The van der Waals surface area contributed by atoms with E-state index in [0.717, 1.165) is 6.26 Å². The van der Waals surface area contributed by atoms with Gasteiger partial charge in [-0.1, -0.05) is 0 Å². The molecule has 1 aliphatic rings. The maximum atomic E-state index is 13.2. The topological polar surface area (TPSA) is 78.5 Å². The van der Waals surface area contributed by atoms with Crippen LogP contribution < -0.4 is 10.6 Å². The number of nitrogens with one attached hydrogen (secondary N) is 2. The van der Waals surface area contributed by atoms with Crippen molar-refractivity contribution in [2.45, 2.75) is 30.8 Å². The lowest BCUT2D eigenvalue weighted by atomic mass is 10.1. The van der Waals surface area contributed by atoms with Crippen LogP contribution in [0, 0.1) is 0 Å². The first kappa shape index (κ1) is 19.2. The van der Waals surface area contributed by atoms with Crippen molar-refractivity contribution in [2.24, 2.45) is 0 Å². The zero-order valence-corrected chi connectivity index (χ0v) is 13.6.